The molecular formula is C20H27ClO. The van der Waals surface area contributed by atoms with Crippen LogP contribution in [0.25, 0.3) is 0 Å². The Kier molecular flexibility index (Phi) is 6.96. The van der Waals surface area contributed by atoms with Crippen molar-refractivity contribution < 1.29 is 5.11 Å². The van der Waals surface area contributed by atoms with Crippen molar-refractivity contribution in [2.45, 2.75) is 53.4 Å². The lowest BCUT2D eigenvalue weighted by Crippen LogP contribution is -1.89. The smallest absolute Gasteiger partial charge is 0.134 e. The minimum atomic E-state index is 0.165. The van der Waals surface area contributed by atoms with Crippen LogP contribution in [0.5, 0.6) is 5.75 Å². The van der Waals surface area contributed by atoms with Crippen molar-refractivity contribution in [2.24, 2.45) is 0 Å². The van der Waals surface area contributed by atoms with Crippen LogP contribution < -0.4 is 0 Å². The van der Waals surface area contributed by atoms with E-state index < -0.39 is 0 Å². The van der Waals surface area contributed by atoms with Gasteiger partial charge in [-0.2, -0.15) is 0 Å². The van der Waals surface area contributed by atoms with E-state index in [0.29, 0.717) is 16.9 Å². The van der Waals surface area contributed by atoms with Gasteiger partial charge in [0.1, 0.15) is 5.75 Å². The Bertz CT molecular complexity index is 560. The molecule has 1 N–H and O–H groups in total. The largest absolute Gasteiger partial charge is 0.506 e. The molecule has 2 aromatic rings. The van der Waals surface area contributed by atoms with Crippen LogP contribution in [0.1, 0.15) is 61.8 Å². The van der Waals surface area contributed by atoms with E-state index >= 15 is 0 Å². The van der Waals surface area contributed by atoms with Gasteiger partial charge in [0.15, 0.2) is 0 Å². The second-order valence-electron chi connectivity index (χ2n) is 6.36. The molecule has 0 saturated carbocycles. The van der Waals surface area contributed by atoms with E-state index in [4.69, 9.17) is 11.6 Å². The molecule has 0 amide bonds. The van der Waals surface area contributed by atoms with Crippen molar-refractivity contribution in [2.75, 3.05) is 0 Å². The summed E-state index contributed by atoms with van der Waals surface area (Å²) < 4.78 is 0. The normalized spacial score (nSPS) is 10.6. The fourth-order valence-electron chi connectivity index (χ4n) is 2.01. The molecule has 0 heterocycles. The molecule has 0 aromatic heterocycles. The van der Waals surface area contributed by atoms with Crippen LogP contribution >= 0.6 is 11.6 Å². The lowest BCUT2D eigenvalue weighted by molar-refractivity contribution is 0.474. The van der Waals surface area contributed by atoms with Crippen LogP contribution in [0.3, 0.4) is 0 Å². The molecule has 0 fully saturated rings. The number of phenolic OH excluding ortho intramolecular Hbond substituents is 1. The summed E-state index contributed by atoms with van der Waals surface area (Å²) in [5, 5.41) is 9.63. The highest BCUT2D eigenvalue weighted by atomic mass is 35.5. The summed E-state index contributed by atoms with van der Waals surface area (Å²) in [4.78, 5) is 0. The van der Waals surface area contributed by atoms with Crippen molar-refractivity contribution in [1.29, 1.82) is 0 Å². The molecule has 1 nitrogen and oxygen atoms in total. The third-order valence-corrected chi connectivity index (χ3v) is 4.15. The number of benzene rings is 2. The molecule has 0 radical (unpaired) electrons. The summed E-state index contributed by atoms with van der Waals surface area (Å²) in [6, 6.07) is 12.0. The van der Waals surface area contributed by atoms with Gasteiger partial charge in [0.2, 0.25) is 0 Å². The van der Waals surface area contributed by atoms with E-state index in [1.807, 2.05) is 6.07 Å². The molecule has 0 aliphatic rings. The Labute approximate surface area is 140 Å². The zero-order valence-electron chi connectivity index (χ0n) is 14.4. The molecule has 2 aromatic carbocycles. The van der Waals surface area contributed by atoms with Gasteiger partial charge >= 0.3 is 0 Å². The first kappa shape index (κ1) is 18.6. The number of hydrogen-bond acceptors (Lipinski definition) is 1. The van der Waals surface area contributed by atoms with Crippen molar-refractivity contribution in [3.8, 4) is 5.75 Å². The van der Waals surface area contributed by atoms with Gasteiger partial charge in [0.25, 0.3) is 0 Å². The fourth-order valence-corrected chi connectivity index (χ4v) is 2.13. The van der Waals surface area contributed by atoms with Crippen LogP contribution in [0.15, 0.2) is 36.4 Å². The first-order valence-corrected chi connectivity index (χ1v) is 8.15. The monoisotopic (exact) mass is 318 g/mol. The SMILES string of the molecule is CC(C)c1ccc(Cl)c(O)c1.Cc1ccc(C(C)C)cc1C. The molecule has 0 spiro atoms. The summed E-state index contributed by atoms with van der Waals surface area (Å²) in [6.07, 6.45) is 0. The minimum Gasteiger partial charge on any atom is -0.506 e. The molecule has 0 saturated heterocycles. The lowest BCUT2D eigenvalue weighted by atomic mass is 9.99. The van der Waals surface area contributed by atoms with E-state index in [9.17, 15) is 5.11 Å². The lowest BCUT2D eigenvalue weighted by Gasteiger charge is -2.07. The van der Waals surface area contributed by atoms with Gasteiger partial charge in [0, 0.05) is 0 Å². The Morgan fingerprint density at radius 3 is 1.73 bits per heavy atom. The van der Waals surface area contributed by atoms with E-state index in [-0.39, 0.29) is 5.75 Å². The Hall–Kier alpha value is -1.47. The van der Waals surface area contributed by atoms with Crippen molar-refractivity contribution in [3.05, 3.63) is 63.7 Å². The van der Waals surface area contributed by atoms with Crippen molar-refractivity contribution in [3.63, 3.8) is 0 Å². The van der Waals surface area contributed by atoms with Gasteiger partial charge in [-0.1, -0.05) is 63.6 Å². The van der Waals surface area contributed by atoms with Gasteiger partial charge in [0.05, 0.1) is 5.02 Å². The predicted octanol–water partition coefficient (Wildman–Crippen LogP) is 6.60. The molecule has 120 valence electrons. The minimum absolute atomic E-state index is 0.165. The van der Waals surface area contributed by atoms with Crippen LogP contribution in [0, 0.1) is 13.8 Å². The maximum absolute atomic E-state index is 9.22. The number of phenols is 1. The molecular weight excluding hydrogens is 292 g/mol. The number of hydrogen-bond donors (Lipinski definition) is 1. The zero-order valence-corrected chi connectivity index (χ0v) is 15.2. The summed E-state index contributed by atoms with van der Waals surface area (Å²) in [5.74, 6) is 1.24. The molecule has 0 unspecified atom stereocenters. The number of rotatable bonds is 2. The van der Waals surface area contributed by atoms with Crippen molar-refractivity contribution in [1.82, 2.24) is 0 Å². The van der Waals surface area contributed by atoms with Gasteiger partial charge in [-0.3, -0.25) is 0 Å². The first-order chi connectivity index (χ1) is 10.2. The predicted molar refractivity (Wildman–Crippen MR) is 97.2 cm³/mol. The van der Waals surface area contributed by atoms with E-state index in [2.05, 4.69) is 59.7 Å². The third-order valence-electron chi connectivity index (χ3n) is 3.83. The topological polar surface area (TPSA) is 20.2 Å². The Morgan fingerprint density at radius 2 is 1.27 bits per heavy atom. The van der Waals surface area contributed by atoms with Gasteiger partial charge in [-0.15, -0.1) is 0 Å². The van der Waals surface area contributed by atoms with Crippen LogP contribution in [0.4, 0.5) is 0 Å². The van der Waals surface area contributed by atoms with Crippen LogP contribution in [-0.2, 0) is 0 Å². The van der Waals surface area contributed by atoms with Gasteiger partial charge in [-0.05, 0) is 60.1 Å². The van der Waals surface area contributed by atoms with Crippen LogP contribution in [0.2, 0.25) is 5.02 Å². The quantitative estimate of drug-likeness (QED) is 0.661. The molecule has 0 aliphatic carbocycles. The van der Waals surface area contributed by atoms with E-state index in [1.165, 1.54) is 16.7 Å². The molecule has 0 aliphatic heterocycles. The Balaban J connectivity index is 0.000000220. The van der Waals surface area contributed by atoms with Crippen LogP contribution in [-0.4, -0.2) is 5.11 Å². The highest BCUT2D eigenvalue weighted by molar-refractivity contribution is 6.32. The fraction of sp³-hybridized carbons (Fsp3) is 0.400. The maximum atomic E-state index is 9.22. The summed E-state index contributed by atoms with van der Waals surface area (Å²) in [7, 11) is 0. The second kappa shape index (κ2) is 8.24. The second-order valence-corrected chi connectivity index (χ2v) is 6.77. The Morgan fingerprint density at radius 1 is 0.773 bits per heavy atom. The summed E-state index contributed by atoms with van der Waals surface area (Å²) >= 11 is 5.64. The van der Waals surface area contributed by atoms with E-state index in [0.717, 1.165) is 5.56 Å². The molecule has 0 atom stereocenters. The summed E-state index contributed by atoms with van der Waals surface area (Å²) in [5.41, 5.74) is 5.32. The first-order valence-electron chi connectivity index (χ1n) is 7.78. The number of halogens is 1. The maximum Gasteiger partial charge on any atom is 0.134 e. The highest BCUT2D eigenvalue weighted by Crippen LogP contribution is 2.26. The number of aromatic hydroxyl groups is 1. The molecule has 0 bridgehead atoms. The van der Waals surface area contributed by atoms with Gasteiger partial charge < -0.3 is 5.11 Å². The highest BCUT2D eigenvalue weighted by Gasteiger charge is 2.02. The number of aryl methyl sites for hydroxylation is 2. The third kappa shape index (κ3) is 5.38. The average molecular weight is 319 g/mol. The molecule has 22 heavy (non-hydrogen) atoms. The zero-order chi connectivity index (χ0) is 16.9. The standard InChI is InChI=1S/C11H16.C9H11ClO/c1-8(2)11-6-5-9(3)10(4)7-11;1-6(2)7-3-4-8(10)9(11)5-7/h5-8H,1-4H3;3-6,11H,1-2H3. The summed E-state index contributed by atoms with van der Waals surface area (Å²) in [6.45, 7) is 12.9. The van der Waals surface area contributed by atoms with E-state index in [1.54, 1.807) is 12.1 Å². The molecule has 2 rings (SSSR count). The van der Waals surface area contributed by atoms with Crippen molar-refractivity contribution >= 4 is 11.6 Å². The average Bonchev–Trinajstić information content (AvgIpc) is 2.45. The van der Waals surface area contributed by atoms with Gasteiger partial charge in [-0.25, -0.2) is 0 Å². The molecule has 2 heteroatoms.